The van der Waals surface area contributed by atoms with Crippen molar-refractivity contribution >= 4 is 46.6 Å². The molecule has 0 unspecified atom stereocenters. The summed E-state index contributed by atoms with van der Waals surface area (Å²) in [6, 6.07) is 17.5. The van der Waals surface area contributed by atoms with Gasteiger partial charge in [0, 0.05) is 16.1 Å². The smallest absolute Gasteiger partial charge is 0.338 e. The van der Waals surface area contributed by atoms with Gasteiger partial charge < -0.3 is 18.9 Å². The third-order valence-electron chi connectivity index (χ3n) is 7.05. The molecule has 0 saturated carbocycles. The summed E-state index contributed by atoms with van der Waals surface area (Å²) >= 11 is 14.2. The number of carbonyl (C=O) groups excluding carboxylic acids is 1. The molecule has 0 aliphatic carbocycles. The number of rotatable bonds is 11. The highest BCUT2D eigenvalue weighted by atomic mass is 35.5. The van der Waals surface area contributed by atoms with E-state index in [1.807, 2.05) is 63.2 Å². The zero-order valence-electron chi connectivity index (χ0n) is 26.1. The Bertz CT molecular complexity index is 1980. The minimum atomic E-state index is -0.810. The molecule has 11 heteroatoms. The summed E-state index contributed by atoms with van der Waals surface area (Å²) < 4.78 is 25.4. The first-order chi connectivity index (χ1) is 22.1. The number of benzene rings is 3. The first-order valence-corrected chi connectivity index (χ1v) is 16.5. The van der Waals surface area contributed by atoms with Crippen LogP contribution < -0.4 is 29.1 Å². The van der Waals surface area contributed by atoms with Crippen LogP contribution in [-0.2, 0) is 16.1 Å². The van der Waals surface area contributed by atoms with Crippen molar-refractivity contribution in [3.05, 3.63) is 118 Å². The Morgan fingerprint density at radius 3 is 2.46 bits per heavy atom. The van der Waals surface area contributed by atoms with Crippen LogP contribution in [0, 0.1) is 0 Å². The molecule has 1 aliphatic heterocycles. The zero-order chi connectivity index (χ0) is 33.0. The van der Waals surface area contributed by atoms with E-state index in [-0.39, 0.29) is 30.5 Å². The van der Waals surface area contributed by atoms with Gasteiger partial charge in [-0.05, 0) is 70.5 Å². The lowest BCUT2D eigenvalue weighted by atomic mass is 9.95. The molecule has 46 heavy (non-hydrogen) atoms. The van der Waals surface area contributed by atoms with Crippen molar-refractivity contribution in [2.24, 2.45) is 4.99 Å². The van der Waals surface area contributed by atoms with E-state index in [1.165, 1.54) is 15.9 Å². The number of para-hydroxylation sites is 1. The fourth-order valence-electron chi connectivity index (χ4n) is 5.14. The number of fused-ring (bicyclic) bond motifs is 1. The van der Waals surface area contributed by atoms with Crippen LogP contribution in [0.25, 0.3) is 6.08 Å². The van der Waals surface area contributed by atoms with Crippen LogP contribution in [0.2, 0.25) is 10.0 Å². The number of aromatic nitrogens is 1. The average Bonchev–Trinajstić information content (AvgIpc) is 3.31. The first-order valence-electron chi connectivity index (χ1n) is 14.9. The van der Waals surface area contributed by atoms with Crippen LogP contribution in [-0.4, -0.2) is 29.9 Å². The van der Waals surface area contributed by atoms with E-state index >= 15 is 0 Å². The molecule has 0 bridgehead atoms. The van der Waals surface area contributed by atoms with E-state index in [2.05, 4.69) is 4.99 Å². The molecule has 2 heterocycles. The molecule has 3 aromatic carbocycles. The molecule has 0 N–H and O–H groups in total. The first kappa shape index (κ1) is 33.3. The lowest BCUT2D eigenvalue weighted by Crippen LogP contribution is -2.40. The number of thiazole rings is 1. The summed E-state index contributed by atoms with van der Waals surface area (Å²) in [5.74, 6) is 0.828. The van der Waals surface area contributed by atoms with Gasteiger partial charge in [0.1, 0.15) is 18.4 Å². The Kier molecular flexibility index (Phi) is 10.6. The van der Waals surface area contributed by atoms with Crippen molar-refractivity contribution in [3.63, 3.8) is 0 Å². The average molecular weight is 682 g/mol. The normalized spacial score (nSPS) is 14.6. The van der Waals surface area contributed by atoms with Gasteiger partial charge in [0.15, 0.2) is 16.3 Å². The molecule has 0 saturated heterocycles. The Hall–Kier alpha value is -4.05. The van der Waals surface area contributed by atoms with Crippen molar-refractivity contribution in [3.8, 4) is 17.2 Å². The number of nitrogens with zero attached hydrogens (tertiary/aromatic N) is 2. The fourth-order valence-corrected chi connectivity index (χ4v) is 6.66. The molecule has 240 valence electrons. The van der Waals surface area contributed by atoms with Gasteiger partial charge in [0.25, 0.3) is 5.56 Å². The molecule has 1 atom stereocenters. The highest BCUT2D eigenvalue weighted by molar-refractivity contribution is 7.07. The molecular formula is C35H34Cl2N2O6S. The van der Waals surface area contributed by atoms with E-state index in [0.717, 1.165) is 5.56 Å². The predicted octanol–water partition coefficient (Wildman–Crippen LogP) is 6.87. The SMILES string of the molecule is CCOC(=O)C1=C(C)N=c2s/c(=C/c3cc(Cl)c(OCc4ccccc4Cl)c(OCC)c3)c(=O)n2[C@H]1c1ccccc1OC(C)C. The molecular weight excluding hydrogens is 647 g/mol. The number of carbonyl (C=O) groups is 1. The van der Waals surface area contributed by atoms with Crippen LogP contribution >= 0.6 is 34.5 Å². The van der Waals surface area contributed by atoms with Gasteiger partial charge in [0.05, 0.1) is 40.1 Å². The van der Waals surface area contributed by atoms with Crippen LogP contribution in [0.1, 0.15) is 57.4 Å². The number of esters is 1. The van der Waals surface area contributed by atoms with Gasteiger partial charge in [-0.1, -0.05) is 70.9 Å². The molecule has 0 amide bonds. The second kappa shape index (κ2) is 14.6. The number of ether oxygens (including phenoxy) is 4. The van der Waals surface area contributed by atoms with Crippen molar-refractivity contribution in [2.75, 3.05) is 13.2 Å². The van der Waals surface area contributed by atoms with E-state index < -0.39 is 12.0 Å². The largest absolute Gasteiger partial charge is 0.491 e. The summed E-state index contributed by atoms with van der Waals surface area (Å²) in [4.78, 5) is 32.6. The lowest BCUT2D eigenvalue weighted by molar-refractivity contribution is -0.139. The van der Waals surface area contributed by atoms with Crippen LogP contribution in [0.15, 0.2) is 81.7 Å². The van der Waals surface area contributed by atoms with Crippen LogP contribution in [0.5, 0.6) is 17.2 Å². The second-order valence-electron chi connectivity index (χ2n) is 10.6. The lowest BCUT2D eigenvalue weighted by Gasteiger charge is -2.26. The molecule has 5 rings (SSSR count). The maximum atomic E-state index is 14.2. The number of allylic oxidation sites excluding steroid dienone is 1. The summed E-state index contributed by atoms with van der Waals surface area (Å²) in [5, 5.41) is 0.900. The summed E-state index contributed by atoms with van der Waals surface area (Å²) in [5.41, 5.74) is 2.52. The number of halogens is 2. The fraction of sp³-hybridized carbons (Fsp3) is 0.286. The van der Waals surface area contributed by atoms with Crippen LogP contribution in [0.3, 0.4) is 0 Å². The van der Waals surface area contributed by atoms with E-state index in [0.29, 0.717) is 60.1 Å². The van der Waals surface area contributed by atoms with Gasteiger partial charge in [-0.15, -0.1) is 0 Å². The standard InChI is InChI=1S/C35H34Cl2N2O6S/c1-6-42-28-17-22(16-26(37)32(28)44-19-23-12-8-10-14-25(23)36)18-29-33(40)39-31(24-13-9-11-15-27(24)45-20(3)4)30(34(41)43-7-2)21(5)38-35(39)46-29/h8-18,20,31H,6-7,19H2,1-5H3/b29-18+/t31-/m0/s1. The zero-order valence-corrected chi connectivity index (χ0v) is 28.5. The van der Waals surface area contributed by atoms with Crippen molar-refractivity contribution in [1.82, 2.24) is 4.57 Å². The van der Waals surface area contributed by atoms with Crippen molar-refractivity contribution in [1.29, 1.82) is 0 Å². The highest BCUT2D eigenvalue weighted by Crippen LogP contribution is 2.38. The summed E-state index contributed by atoms with van der Waals surface area (Å²) in [6.07, 6.45) is 1.60. The van der Waals surface area contributed by atoms with Crippen molar-refractivity contribution in [2.45, 2.75) is 53.4 Å². The molecule has 0 fully saturated rings. The van der Waals surface area contributed by atoms with Gasteiger partial charge in [-0.3, -0.25) is 9.36 Å². The molecule has 4 aromatic rings. The quantitative estimate of drug-likeness (QED) is 0.161. The monoisotopic (exact) mass is 680 g/mol. The van der Waals surface area contributed by atoms with E-state index in [9.17, 15) is 9.59 Å². The van der Waals surface area contributed by atoms with Gasteiger partial charge in [-0.25, -0.2) is 9.79 Å². The Morgan fingerprint density at radius 1 is 1.00 bits per heavy atom. The van der Waals surface area contributed by atoms with Crippen molar-refractivity contribution < 1.29 is 23.7 Å². The van der Waals surface area contributed by atoms with E-state index in [1.54, 1.807) is 38.1 Å². The third-order valence-corrected chi connectivity index (χ3v) is 8.69. The molecule has 0 spiro atoms. The van der Waals surface area contributed by atoms with Gasteiger partial charge in [-0.2, -0.15) is 0 Å². The third kappa shape index (κ3) is 7.02. The van der Waals surface area contributed by atoms with Gasteiger partial charge >= 0.3 is 5.97 Å². The Balaban J connectivity index is 1.62. The molecule has 0 radical (unpaired) electrons. The summed E-state index contributed by atoms with van der Waals surface area (Å²) in [6.45, 7) is 9.94. The second-order valence-corrected chi connectivity index (χ2v) is 12.5. The van der Waals surface area contributed by atoms with Crippen LogP contribution in [0.4, 0.5) is 0 Å². The van der Waals surface area contributed by atoms with E-state index in [4.69, 9.17) is 42.1 Å². The maximum absolute atomic E-state index is 14.2. The Labute approximate surface area is 281 Å². The number of hydrogen-bond acceptors (Lipinski definition) is 8. The van der Waals surface area contributed by atoms with Gasteiger partial charge in [0.2, 0.25) is 0 Å². The maximum Gasteiger partial charge on any atom is 0.338 e. The minimum Gasteiger partial charge on any atom is -0.491 e. The minimum absolute atomic E-state index is 0.131. The molecule has 1 aliphatic rings. The highest BCUT2D eigenvalue weighted by Gasteiger charge is 2.35. The topological polar surface area (TPSA) is 88.4 Å². The molecule has 1 aromatic heterocycles. The predicted molar refractivity (Wildman–Crippen MR) is 181 cm³/mol. The number of hydrogen-bond donors (Lipinski definition) is 0. The summed E-state index contributed by atoms with van der Waals surface area (Å²) in [7, 11) is 0. The Morgan fingerprint density at radius 2 is 1.74 bits per heavy atom. The molecule has 8 nitrogen and oxygen atoms in total.